The van der Waals surface area contributed by atoms with Crippen LogP contribution < -0.4 is 4.90 Å². The van der Waals surface area contributed by atoms with Crippen LogP contribution in [0.2, 0.25) is 5.02 Å². The van der Waals surface area contributed by atoms with Gasteiger partial charge in [-0.25, -0.2) is 9.78 Å². The zero-order chi connectivity index (χ0) is 18.8. The van der Waals surface area contributed by atoms with Crippen LogP contribution in [0.15, 0.2) is 42.5 Å². The molecular formula is C21H21ClN2O2. The van der Waals surface area contributed by atoms with E-state index in [1.54, 1.807) is 18.2 Å². The molecule has 134 valence electrons. The van der Waals surface area contributed by atoms with Gasteiger partial charge >= 0.3 is 5.97 Å². The molecule has 1 aromatic heterocycles. The smallest absolute Gasteiger partial charge is 0.338 e. The molecule has 0 atom stereocenters. The number of pyridine rings is 1. The van der Waals surface area contributed by atoms with E-state index in [1.807, 2.05) is 49.9 Å². The van der Waals surface area contributed by atoms with Crippen LogP contribution in [0.4, 0.5) is 5.69 Å². The fourth-order valence-corrected chi connectivity index (χ4v) is 3.37. The number of halogens is 1. The maximum atomic E-state index is 12.2. The molecule has 0 saturated carbocycles. The predicted octanol–water partition coefficient (Wildman–Crippen LogP) is 5.41. The van der Waals surface area contributed by atoms with Gasteiger partial charge < -0.3 is 10.0 Å². The minimum atomic E-state index is -0.977. The second-order valence-corrected chi connectivity index (χ2v) is 6.63. The number of rotatable bonds is 5. The number of aromatic carboxylic acids is 1. The molecule has 3 rings (SSSR count). The van der Waals surface area contributed by atoms with Crippen molar-refractivity contribution in [2.24, 2.45) is 0 Å². The number of carbonyl (C=O) groups is 1. The zero-order valence-electron chi connectivity index (χ0n) is 15.1. The quantitative estimate of drug-likeness (QED) is 0.654. The molecular weight excluding hydrogens is 348 g/mol. The largest absolute Gasteiger partial charge is 0.478 e. The average Bonchev–Trinajstić information content (AvgIpc) is 2.62. The summed E-state index contributed by atoms with van der Waals surface area (Å²) in [5, 5.41) is 11.1. The lowest BCUT2D eigenvalue weighted by Gasteiger charge is -2.26. The molecule has 0 radical (unpaired) electrons. The van der Waals surface area contributed by atoms with Crippen LogP contribution in [-0.4, -0.2) is 29.1 Å². The number of hydrogen-bond donors (Lipinski definition) is 1. The molecule has 0 spiro atoms. The molecule has 0 saturated heterocycles. The van der Waals surface area contributed by atoms with Crippen molar-refractivity contribution >= 4 is 34.2 Å². The summed E-state index contributed by atoms with van der Waals surface area (Å²) in [6.45, 7) is 7.41. The fourth-order valence-electron chi connectivity index (χ4n) is 3.20. The number of carboxylic acid groups (broad SMARTS) is 1. The molecule has 5 heteroatoms. The van der Waals surface area contributed by atoms with Crippen LogP contribution in [0.25, 0.3) is 22.2 Å². The van der Waals surface area contributed by atoms with Gasteiger partial charge in [0.1, 0.15) is 0 Å². The topological polar surface area (TPSA) is 53.4 Å². The summed E-state index contributed by atoms with van der Waals surface area (Å²) < 4.78 is 0. The predicted molar refractivity (Wildman–Crippen MR) is 107 cm³/mol. The lowest BCUT2D eigenvalue weighted by Crippen LogP contribution is -2.25. The van der Waals surface area contributed by atoms with E-state index >= 15 is 0 Å². The third-order valence-electron chi connectivity index (χ3n) is 4.54. The number of hydrogen-bond acceptors (Lipinski definition) is 3. The van der Waals surface area contributed by atoms with Crippen molar-refractivity contribution in [2.75, 3.05) is 18.0 Å². The van der Waals surface area contributed by atoms with Crippen molar-refractivity contribution in [2.45, 2.75) is 20.8 Å². The summed E-state index contributed by atoms with van der Waals surface area (Å²) in [6, 6.07) is 13.2. The zero-order valence-corrected chi connectivity index (χ0v) is 15.8. The minimum Gasteiger partial charge on any atom is -0.478 e. The van der Waals surface area contributed by atoms with Gasteiger partial charge in [-0.2, -0.15) is 0 Å². The second-order valence-electron chi connectivity index (χ2n) is 6.19. The van der Waals surface area contributed by atoms with E-state index in [0.717, 1.165) is 11.1 Å². The molecule has 0 unspecified atom stereocenters. The Morgan fingerprint density at radius 1 is 1.12 bits per heavy atom. The van der Waals surface area contributed by atoms with Crippen LogP contribution >= 0.6 is 11.6 Å². The lowest BCUT2D eigenvalue weighted by molar-refractivity contribution is 0.0699. The fraction of sp³-hybridized carbons (Fsp3) is 0.238. The van der Waals surface area contributed by atoms with E-state index in [-0.39, 0.29) is 5.56 Å². The van der Waals surface area contributed by atoms with Crippen LogP contribution in [-0.2, 0) is 0 Å². The van der Waals surface area contributed by atoms with Crippen molar-refractivity contribution in [3.8, 4) is 11.3 Å². The lowest BCUT2D eigenvalue weighted by atomic mass is 9.99. The Hall–Kier alpha value is -2.59. The first kappa shape index (κ1) is 18.2. The number of anilines is 1. The first-order chi connectivity index (χ1) is 12.5. The molecule has 0 aliphatic heterocycles. The number of fused-ring (bicyclic) bond motifs is 1. The Labute approximate surface area is 158 Å². The summed E-state index contributed by atoms with van der Waals surface area (Å²) in [6.07, 6.45) is 0. The summed E-state index contributed by atoms with van der Waals surface area (Å²) in [5.74, 6) is -0.977. The van der Waals surface area contributed by atoms with E-state index < -0.39 is 5.97 Å². The number of benzene rings is 2. The van der Waals surface area contributed by atoms with Gasteiger partial charge in [-0.15, -0.1) is 0 Å². The van der Waals surface area contributed by atoms with Crippen LogP contribution in [0.1, 0.15) is 29.8 Å². The molecule has 0 aliphatic carbocycles. The van der Waals surface area contributed by atoms with Crippen LogP contribution in [0.3, 0.4) is 0 Å². The number of aryl methyl sites for hydroxylation is 1. The highest BCUT2D eigenvalue weighted by Crippen LogP contribution is 2.38. The van der Waals surface area contributed by atoms with E-state index in [9.17, 15) is 9.90 Å². The summed E-state index contributed by atoms with van der Waals surface area (Å²) >= 11 is 6.13. The van der Waals surface area contributed by atoms with Gasteiger partial charge in [-0.05, 0) is 39.0 Å². The Kier molecular flexibility index (Phi) is 5.14. The van der Waals surface area contributed by atoms with Gasteiger partial charge in [0.05, 0.1) is 22.5 Å². The van der Waals surface area contributed by atoms with Crippen molar-refractivity contribution in [1.29, 1.82) is 0 Å². The molecule has 26 heavy (non-hydrogen) atoms. The SMILES string of the molecule is CCN(CC)c1c(-c2ccc(C)cc2)nc2ccc(Cl)cc2c1C(=O)O. The highest BCUT2D eigenvalue weighted by Gasteiger charge is 2.24. The van der Waals surface area contributed by atoms with Gasteiger partial charge in [-0.3, -0.25) is 0 Å². The Balaban J connectivity index is 2.45. The van der Waals surface area contributed by atoms with E-state index in [2.05, 4.69) is 0 Å². The van der Waals surface area contributed by atoms with E-state index in [0.29, 0.717) is 40.4 Å². The van der Waals surface area contributed by atoms with Gasteiger partial charge in [0, 0.05) is 29.1 Å². The van der Waals surface area contributed by atoms with Gasteiger partial charge in [0.15, 0.2) is 0 Å². The summed E-state index contributed by atoms with van der Waals surface area (Å²) in [4.78, 5) is 19.1. The highest BCUT2D eigenvalue weighted by atomic mass is 35.5. The molecule has 0 fully saturated rings. The van der Waals surface area contributed by atoms with E-state index in [1.165, 1.54) is 0 Å². The maximum absolute atomic E-state index is 12.2. The summed E-state index contributed by atoms with van der Waals surface area (Å²) in [5.41, 5.74) is 4.23. The second kappa shape index (κ2) is 7.34. The third kappa shape index (κ3) is 3.25. The van der Waals surface area contributed by atoms with E-state index in [4.69, 9.17) is 16.6 Å². The van der Waals surface area contributed by atoms with Crippen LogP contribution in [0.5, 0.6) is 0 Å². The third-order valence-corrected chi connectivity index (χ3v) is 4.77. The first-order valence-corrected chi connectivity index (χ1v) is 9.02. The van der Waals surface area contributed by atoms with Gasteiger partial charge in [-0.1, -0.05) is 41.4 Å². The molecule has 4 nitrogen and oxygen atoms in total. The van der Waals surface area contributed by atoms with Gasteiger partial charge in [0.25, 0.3) is 0 Å². The standard InChI is InChI=1S/C21H21ClN2O2/c1-4-24(5-2)20-18(21(25)26)16-12-15(22)10-11-17(16)23-19(20)14-8-6-13(3)7-9-14/h6-12H,4-5H2,1-3H3,(H,25,26). The van der Waals surface area contributed by atoms with Crippen LogP contribution in [0, 0.1) is 6.92 Å². The van der Waals surface area contributed by atoms with Crippen molar-refractivity contribution in [1.82, 2.24) is 4.98 Å². The Bertz CT molecular complexity index is 964. The first-order valence-electron chi connectivity index (χ1n) is 8.64. The molecule has 1 N–H and O–H groups in total. The van der Waals surface area contributed by atoms with Crippen molar-refractivity contribution < 1.29 is 9.90 Å². The average molecular weight is 369 g/mol. The number of aromatic nitrogens is 1. The summed E-state index contributed by atoms with van der Waals surface area (Å²) in [7, 11) is 0. The monoisotopic (exact) mass is 368 g/mol. The Morgan fingerprint density at radius 2 is 1.77 bits per heavy atom. The van der Waals surface area contributed by atoms with Gasteiger partial charge in [0.2, 0.25) is 0 Å². The van der Waals surface area contributed by atoms with Crippen molar-refractivity contribution in [3.63, 3.8) is 0 Å². The molecule has 3 aromatic rings. The molecule has 1 heterocycles. The molecule has 0 amide bonds. The molecule has 2 aromatic carbocycles. The minimum absolute atomic E-state index is 0.247. The highest BCUT2D eigenvalue weighted by molar-refractivity contribution is 6.31. The number of carboxylic acids is 1. The number of nitrogens with zero attached hydrogens (tertiary/aromatic N) is 2. The molecule has 0 aliphatic rings. The molecule has 0 bridgehead atoms. The maximum Gasteiger partial charge on any atom is 0.338 e. The van der Waals surface area contributed by atoms with Crippen molar-refractivity contribution in [3.05, 3.63) is 58.6 Å². The Morgan fingerprint density at radius 3 is 2.35 bits per heavy atom. The normalized spacial score (nSPS) is 10.9.